The molecule has 1 aromatic heterocycles. The topological polar surface area (TPSA) is 93.9 Å². The molecule has 2 amide bonds. The molecule has 3 unspecified atom stereocenters. The molecule has 0 radical (unpaired) electrons. The van der Waals surface area contributed by atoms with Gasteiger partial charge in [-0.3, -0.25) is 14.3 Å². The average molecular weight is 449 g/mol. The molecule has 5 rings (SSSR count). The highest BCUT2D eigenvalue weighted by Gasteiger charge is 2.38. The Bertz CT molecular complexity index is 958. The van der Waals surface area contributed by atoms with Gasteiger partial charge in [0, 0.05) is 30.8 Å². The van der Waals surface area contributed by atoms with Gasteiger partial charge in [-0.2, -0.15) is 9.46 Å². The maximum atomic E-state index is 13.3. The van der Waals surface area contributed by atoms with E-state index in [0.29, 0.717) is 55.3 Å². The molecular weight excluding hydrogens is 416 g/mol. The van der Waals surface area contributed by atoms with Gasteiger partial charge in [0.1, 0.15) is 0 Å². The standard InChI is InChI=1S/C22H32N4O4S/c27-21(13-19-7-8-20(30-19)16-5-6-16)25-9-2-11-31(29,12-10-25)24-22(28)17-14-23-26(15-17)18-3-1-4-18/h14-16,18-20H,1-13H2. The Balaban J connectivity index is 1.17. The number of hydrogen-bond acceptors (Lipinski definition) is 5. The number of carbonyl (C=O) groups excluding carboxylic acids is 2. The molecule has 0 aromatic carbocycles. The number of rotatable bonds is 5. The van der Waals surface area contributed by atoms with E-state index in [1.165, 1.54) is 25.5 Å². The SMILES string of the molecule is O=C(N=S1(=O)CCCN(C(=O)CC2CCC(C3CC3)O2)CC1)c1cnn(C2CCC2)c1. The number of aromatic nitrogens is 2. The second-order valence-electron chi connectivity index (χ2n) is 9.52. The van der Waals surface area contributed by atoms with Crippen molar-refractivity contribution in [2.45, 2.75) is 76.0 Å². The van der Waals surface area contributed by atoms with Gasteiger partial charge in [-0.25, -0.2) is 4.21 Å². The fourth-order valence-corrected chi connectivity index (χ4v) is 6.69. The van der Waals surface area contributed by atoms with Gasteiger partial charge in [0.25, 0.3) is 5.91 Å². The Hall–Kier alpha value is -1.74. The number of nitrogens with zero attached hydrogens (tertiary/aromatic N) is 4. The van der Waals surface area contributed by atoms with Crippen molar-refractivity contribution >= 4 is 21.5 Å². The molecule has 2 saturated carbocycles. The van der Waals surface area contributed by atoms with Crippen molar-refractivity contribution in [3.8, 4) is 0 Å². The van der Waals surface area contributed by atoms with Crippen LogP contribution in [0.1, 0.15) is 74.2 Å². The van der Waals surface area contributed by atoms with Crippen molar-refractivity contribution in [2.24, 2.45) is 10.3 Å². The van der Waals surface area contributed by atoms with E-state index in [0.717, 1.165) is 25.7 Å². The largest absolute Gasteiger partial charge is 0.374 e. The number of amides is 2. The fourth-order valence-electron chi connectivity index (χ4n) is 4.81. The molecule has 0 spiro atoms. The minimum atomic E-state index is -2.67. The lowest BCUT2D eigenvalue weighted by atomic mass is 9.93. The molecule has 0 N–H and O–H groups in total. The zero-order valence-electron chi connectivity index (χ0n) is 18.0. The Morgan fingerprint density at radius 2 is 1.94 bits per heavy atom. The van der Waals surface area contributed by atoms with E-state index >= 15 is 0 Å². The highest BCUT2D eigenvalue weighted by Crippen LogP contribution is 2.40. The number of hydrogen-bond donors (Lipinski definition) is 0. The van der Waals surface area contributed by atoms with Gasteiger partial charge in [-0.15, -0.1) is 0 Å². The second kappa shape index (κ2) is 8.65. The zero-order chi connectivity index (χ0) is 21.4. The van der Waals surface area contributed by atoms with Crippen LogP contribution in [0.4, 0.5) is 0 Å². The molecule has 4 aliphatic rings. The van der Waals surface area contributed by atoms with E-state index in [-0.39, 0.29) is 17.8 Å². The van der Waals surface area contributed by atoms with Crippen molar-refractivity contribution in [3.63, 3.8) is 0 Å². The quantitative estimate of drug-likeness (QED) is 0.690. The predicted molar refractivity (Wildman–Crippen MR) is 116 cm³/mol. The van der Waals surface area contributed by atoms with Crippen LogP contribution in [0.15, 0.2) is 16.8 Å². The molecule has 3 atom stereocenters. The third-order valence-corrected chi connectivity index (χ3v) is 9.41. The van der Waals surface area contributed by atoms with Crippen LogP contribution in [-0.4, -0.2) is 67.5 Å². The van der Waals surface area contributed by atoms with Gasteiger partial charge in [0.2, 0.25) is 5.91 Å². The lowest BCUT2D eigenvalue weighted by Gasteiger charge is -2.25. The van der Waals surface area contributed by atoms with Crippen LogP contribution in [0.25, 0.3) is 0 Å². The van der Waals surface area contributed by atoms with E-state index in [4.69, 9.17) is 4.74 Å². The lowest BCUT2D eigenvalue weighted by Crippen LogP contribution is -2.35. The molecule has 4 fully saturated rings. The van der Waals surface area contributed by atoms with E-state index < -0.39 is 15.6 Å². The molecule has 2 saturated heterocycles. The monoisotopic (exact) mass is 448 g/mol. The van der Waals surface area contributed by atoms with Crippen molar-refractivity contribution in [1.29, 1.82) is 0 Å². The summed E-state index contributed by atoms with van der Waals surface area (Å²) in [6, 6.07) is 0.371. The van der Waals surface area contributed by atoms with Crippen molar-refractivity contribution in [1.82, 2.24) is 14.7 Å². The first kappa shape index (κ1) is 21.1. The van der Waals surface area contributed by atoms with Crippen LogP contribution in [0.3, 0.4) is 0 Å². The molecule has 3 heterocycles. The predicted octanol–water partition coefficient (Wildman–Crippen LogP) is 2.80. The molecule has 8 nitrogen and oxygen atoms in total. The third kappa shape index (κ3) is 4.87. The number of ether oxygens (including phenoxy) is 1. The maximum Gasteiger partial charge on any atom is 0.288 e. The van der Waals surface area contributed by atoms with Crippen LogP contribution in [0, 0.1) is 5.92 Å². The van der Waals surface area contributed by atoms with Gasteiger partial charge in [-0.05, 0) is 57.3 Å². The van der Waals surface area contributed by atoms with E-state index in [1.807, 2.05) is 4.68 Å². The second-order valence-corrected chi connectivity index (χ2v) is 12.1. The lowest BCUT2D eigenvalue weighted by molar-refractivity contribution is -0.133. The smallest absolute Gasteiger partial charge is 0.288 e. The summed E-state index contributed by atoms with van der Waals surface area (Å²) >= 11 is 0. The molecule has 9 heteroatoms. The Labute approximate surface area is 183 Å². The molecule has 0 bridgehead atoms. The first-order chi connectivity index (χ1) is 15.0. The van der Waals surface area contributed by atoms with Gasteiger partial charge in [-0.1, -0.05) is 0 Å². The summed E-state index contributed by atoms with van der Waals surface area (Å²) in [5.41, 5.74) is 0.399. The van der Waals surface area contributed by atoms with Gasteiger partial charge < -0.3 is 9.64 Å². The van der Waals surface area contributed by atoms with E-state index in [9.17, 15) is 13.8 Å². The van der Waals surface area contributed by atoms with E-state index in [2.05, 4.69) is 9.46 Å². The van der Waals surface area contributed by atoms with Crippen molar-refractivity contribution in [2.75, 3.05) is 24.6 Å². The zero-order valence-corrected chi connectivity index (χ0v) is 18.8. The summed E-state index contributed by atoms with van der Waals surface area (Å²) in [6.07, 6.45) is 12.5. The molecular formula is C22H32N4O4S. The Kier molecular flexibility index (Phi) is 5.90. The van der Waals surface area contributed by atoms with Crippen LogP contribution < -0.4 is 0 Å². The summed E-state index contributed by atoms with van der Waals surface area (Å²) < 4.78 is 25.3. The van der Waals surface area contributed by atoms with E-state index in [1.54, 1.807) is 11.1 Å². The first-order valence-corrected chi connectivity index (χ1v) is 13.6. The minimum absolute atomic E-state index is 0.0178. The fraction of sp³-hybridized carbons (Fsp3) is 0.773. The Morgan fingerprint density at radius 1 is 1.10 bits per heavy atom. The highest BCUT2D eigenvalue weighted by atomic mass is 32.2. The van der Waals surface area contributed by atoms with Gasteiger partial charge >= 0.3 is 0 Å². The summed E-state index contributed by atoms with van der Waals surface area (Å²) in [5.74, 6) is 0.919. The van der Waals surface area contributed by atoms with Gasteiger partial charge in [0.15, 0.2) is 0 Å². The van der Waals surface area contributed by atoms with Crippen LogP contribution >= 0.6 is 0 Å². The molecule has 170 valence electrons. The summed E-state index contributed by atoms with van der Waals surface area (Å²) in [7, 11) is -2.67. The van der Waals surface area contributed by atoms with Gasteiger partial charge in [0.05, 0.1) is 46.2 Å². The van der Waals surface area contributed by atoms with Crippen LogP contribution in [-0.2, 0) is 19.3 Å². The van der Waals surface area contributed by atoms with Crippen molar-refractivity contribution in [3.05, 3.63) is 18.0 Å². The summed E-state index contributed by atoms with van der Waals surface area (Å²) in [5, 5.41) is 4.28. The molecule has 2 aliphatic heterocycles. The first-order valence-electron chi connectivity index (χ1n) is 11.7. The maximum absolute atomic E-state index is 13.3. The van der Waals surface area contributed by atoms with Crippen molar-refractivity contribution < 1.29 is 18.5 Å². The Morgan fingerprint density at radius 3 is 2.68 bits per heavy atom. The minimum Gasteiger partial charge on any atom is -0.374 e. The summed E-state index contributed by atoms with van der Waals surface area (Å²) in [6.45, 7) is 0.951. The van der Waals surface area contributed by atoms with Crippen LogP contribution in [0.2, 0.25) is 0 Å². The van der Waals surface area contributed by atoms with Crippen LogP contribution in [0.5, 0.6) is 0 Å². The third-order valence-electron chi connectivity index (χ3n) is 7.16. The molecule has 1 aromatic rings. The molecule has 31 heavy (non-hydrogen) atoms. The number of carbonyl (C=O) groups is 2. The molecule has 2 aliphatic carbocycles. The normalized spacial score (nSPS) is 31.8. The average Bonchev–Trinajstić information content (AvgIpc) is 3.32. The summed E-state index contributed by atoms with van der Waals surface area (Å²) in [4.78, 5) is 27.2. The highest BCUT2D eigenvalue weighted by molar-refractivity contribution is 7.93.